The Kier molecular flexibility index (Phi) is 63.6. The van der Waals surface area contributed by atoms with Gasteiger partial charge in [-0.25, -0.2) is 0 Å². The number of carbonyl (C=O) groups is 7. The molecule has 0 bridgehead atoms. The van der Waals surface area contributed by atoms with Crippen LogP contribution in [0.3, 0.4) is 0 Å². The highest BCUT2D eigenvalue weighted by Crippen LogP contribution is 2.16. The summed E-state index contributed by atoms with van der Waals surface area (Å²) in [6.07, 6.45) is 45.6. The molecule has 1 rings (SSSR count). The molecule has 18 heteroatoms. The summed E-state index contributed by atoms with van der Waals surface area (Å²) >= 11 is 0. The van der Waals surface area contributed by atoms with E-state index in [9.17, 15) is 33.6 Å². The monoisotopic (exact) mass is 1100 g/mol. The van der Waals surface area contributed by atoms with Gasteiger partial charge in [-0.15, -0.1) is 0 Å². The van der Waals surface area contributed by atoms with Crippen LogP contribution in [0.4, 0.5) is 0 Å². The van der Waals surface area contributed by atoms with Gasteiger partial charge in [0, 0.05) is 86.4 Å². The first-order chi connectivity index (χ1) is 37.4. The number of carbonyl (C=O) groups excluding carboxylic acids is 5. The quantitative estimate of drug-likeness (QED) is 0.0211. The van der Waals surface area contributed by atoms with Gasteiger partial charge in [-0.3, -0.25) is 38.6 Å². The van der Waals surface area contributed by atoms with Gasteiger partial charge in [-0.2, -0.15) is 0 Å². The number of nitrogens with one attached hydrogen (secondary N) is 5. The molecule has 0 aromatic rings. The number of hydrogen-bond donors (Lipinski definition) is 8. The average molecular weight is 1100 g/mol. The van der Waals surface area contributed by atoms with Crippen LogP contribution in [-0.4, -0.2) is 177 Å². The maximum Gasteiger partial charge on any atom is 0.322 e. The van der Waals surface area contributed by atoms with Crippen LogP contribution in [-0.2, 0) is 33.6 Å². The molecular weight excluding hydrogens is 981 g/mol. The number of aliphatic hydroxyl groups is 1. The molecular formula is C59H118N8O10. The number of rotatable bonds is 44. The predicted octanol–water partition coefficient (Wildman–Crippen LogP) is 8.47. The standard InChI is InChI=1S/C38H77NO.C16H30N6O5.C4H7NO3.CH4O/c1-4-6-8-10-12-14-16-18-20-22-24-26-28-30-32-34-36-39(38(3)40)37-35-33-31-29-27-25-23-21-19-17-15-13-11-9-7-5-2;23-10-5-19-14(24)12-21-6-1-17-3-8-22(9-4-18-2-7-21)13-15(25)20-11-16(26)27;1-3(6)5-2-4(7)8;1-2/h4-37H2,1-3H3;10,17-18H,1-9,11-13H2,(H,19,24)(H,20,25)(H,26,27);2H2,1H3,(H,5,6)(H,7,8);2H,1H3. The maximum atomic E-state index is 12.1. The van der Waals surface area contributed by atoms with E-state index in [0.717, 1.165) is 20.2 Å². The van der Waals surface area contributed by atoms with Crippen molar-refractivity contribution < 1.29 is 48.9 Å². The number of carboxylic acid groups (broad SMARTS) is 2. The summed E-state index contributed by atoms with van der Waals surface area (Å²) < 4.78 is 0. The topological polar surface area (TPSA) is 250 Å². The molecule has 8 N–H and O–H groups in total. The minimum absolute atomic E-state index is 0.0268. The van der Waals surface area contributed by atoms with Gasteiger partial charge < -0.3 is 51.6 Å². The Morgan fingerprint density at radius 3 is 0.961 bits per heavy atom. The van der Waals surface area contributed by atoms with Crippen LogP contribution >= 0.6 is 0 Å². The van der Waals surface area contributed by atoms with E-state index in [1.807, 2.05) is 9.80 Å². The van der Waals surface area contributed by atoms with Gasteiger partial charge in [-0.1, -0.05) is 206 Å². The van der Waals surface area contributed by atoms with E-state index in [0.29, 0.717) is 58.6 Å². The van der Waals surface area contributed by atoms with Crippen LogP contribution in [0, 0.1) is 0 Å². The zero-order valence-electron chi connectivity index (χ0n) is 49.9. The Bertz CT molecular complexity index is 1320. The van der Waals surface area contributed by atoms with E-state index in [-0.39, 0.29) is 56.4 Å². The first-order valence-corrected chi connectivity index (χ1v) is 30.6. The summed E-state index contributed by atoms with van der Waals surface area (Å²) in [6, 6.07) is 0. The van der Waals surface area contributed by atoms with Gasteiger partial charge in [0.15, 0.2) is 0 Å². The first kappa shape index (κ1) is 77.5. The lowest BCUT2D eigenvalue weighted by Crippen LogP contribution is -2.47. The summed E-state index contributed by atoms with van der Waals surface area (Å²) in [5.41, 5.74) is 0. The van der Waals surface area contributed by atoms with Gasteiger partial charge >= 0.3 is 11.9 Å². The predicted molar refractivity (Wildman–Crippen MR) is 314 cm³/mol. The molecule has 1 aliphatic rings. The number of nitrogens with zero attached hydrogens (tertiary/aromatic N) is 3. The molecule has 0 aromatic heterocycles. The zero-order valence-corrected chi connectivity index (χ0v) is 49.9. The van der Waals surface area contributed by atoms with Gasteiger partial charge in [-0.05, 0) is 12.8 Å². The molecule has 77 heavy (non-hydrogen) atoms. The van der Waals surface area contributed by atoms with Crippen LogP contribution in [0.5, 0.6) is 0 Å². The van der Waals surface area contributed by atoms with Crippen molar-refractivity contribution in [3.8, 4) is 0 Å². The van der Waals surface area contributed by atoms with Crippen molar-refractivity contribution in [3.05, 3.63) is 0 Å². The Morgan fingerprint density at radius 2 is 0.714 bits per heavy atom. The lowest BCUT2D eigenvalue weighted by atomic mass is 10.0. The minimum Gasteiger partial charge on any atom is -0.480 e. The molecule has 0 aromatic carbocycles. The third kappa shape index (κ3) is 64.7. The lowest BCUT2D eigenvalue weighted by molar-refractivity contribution is -0.138. The third-order valence-corrected chi connectivity index (χ3v) is 13.5. The maximum absolute atomic E-state index is 12.1. The minimum atomic E-state index is -1.07. The van der Waals surface area contributed by atoms with E-state index in [2.05, 4.69) is 45.3 Å². The fourth-order valence-corrected chi connectivity index (χ4v) is 8.91. The summed E-state index contributed by atoms with van der Waals surface area (Å²) in [7, 11) is 1.00. The van der Waals surface area contributed by atoms with Gasteiger partial charge in [0.2, 0.25) is 23.6 Å². The molecule has 1 aliphatic heterocycles. The van der Waals surface area contributed by atoms with Crippen molar-refractivity contribution in [3.63, 3.8) is 0 Å². The average Bonchev–Trinajstić information content (AvgIpc) is 3.40. The van der Waals surface area contributed by atoms with Crippen molar-refractivity contribution in [2.24, 2.45) is 0 Å². The summed E-state index contributed by atoms with van der Waals surface area (Å²) in [6.45, 7) is 14.8. The second-order valence-corrected chi connectivity index (χ2v) is 20.6. The molecule has 0 spiro atoms. The molecule has 18 nitrogen and oxygen atoms in total. The zero-order chi connectivity index (χ0) is 57.7. The smallest absolute Gasteiger partial charge is 0.322 e. The largest absolute Gasteiger partial charge is 0.480 e. The van der Waals surface area contributed by atoms with Gasteiger partial charge in [0.1, 0.15) is 19.4 Å². The lowest BCUT2D eigenvalue weighted by Gasteiger charge is -2.26. The molecule has 454 valence electrons. The summed E-state index contributed by atoms with van der Waals surface area (Å²) in [5, 5.41) is 37.1. The van der Waals surface area contributed by atoms with Crippen molar-refractivity contribution >= 4 is 41.9 Å². The molecule has 1 saturated heterocycles. The summed E-state index contributed by atoms with van der Waals surface area (Å²) in [4.78, 5) is 82.2. The second kappa shape index (κ2) is 63.1. The van der Waals surface area contributed by atoms with Crippen LogP contribution in [0.1, 0.15) is 233 Å². The van der Waals surface area contributed by atoms with E-state index >= 15 is 0 Å². The molecule has 1 fully saturated rings. The number of carboxylic acids is 2. The normalized spacial score (nSPS) is 13.1. The molecule has 4 amide bonds. The molecule has 0 radical (unpaired) electrons. The van der Waals surface area contributed by atoms with E-state index < -0.39 is 11.9 Å². The number of aldehydes is 1. The van der Waals surface area contributed by atoms with Crippen LogP contribution in [0.25, 0.3) is 0 Å². The molecule has 0 saturated carbocycles. The highest BCUT2D eigenvalue weighted by molar-refractivity contribution is 5.82. The number of hydrogen-bond acceptors (Lipinski definition) is 12. The van der Waals surface area contributed by atoms with E-state index in [1.165, 1.54) is 212 Å². The number of aliphatic carboxylic acids is 2. The van der Waals surface area contributed by atoms with Crippen molar-refractivity contribution in [1.29, 1.82) is 0 Å². The van der Waals surface area contributed by atoms with Gasteiger partial charge in [0.25, 0.3) is 0 Å². The fraction of sp³-hybridized carbons (Fsp3) is 0.881. The Morgan fingerprint density at radius 1 is 0.442 bits per heavy atom. The molecule has 0 unspecified atom stereocenters. The van der Waals surface area contributed by atoms with Gasteiger partial charge in [0.05, 0.1) is 19.6 Å². The Labute approximate surface area is 468 Å². The highest BCUT2D eigenvalue weighted by atomic mass is 16.4. The molecule has 0 atom stereocenters. The second-order valence-electron chi connectivity index (χ2n) is 20.6. The van der Waals surface area contributed by atoms with E-state index in [1.54, 1.807) is 6.92 Å². The fourth-order valence-electron chi connectivity index (χ4n) is 8.91. The first-order valence-electron chi connectivity index (χ1n) is 30.6. The van der Waals surface area contributed by atoms with Crippen LogP contribution < -0.4 is 26.6 Å². The Balaban J connectivity index is -0.00000126. The third-order valence-electron chi connectivity index (χ3n) is 13.5. The van der Waals surface area contributed by atoms with E-state index in [4.69, 9.17) is 15.3 Å². The van der Waals surface area contributed by atoms with Crippen LogP contribution in [0.15, 0.2) is 0 Å². The number of unbranched alkanes of at least 4 members (excludes halogenated alkanes) is 30. The molecule has 0 aliphatic carbocycles. The Hall–Kier alpha value is -3.71. The highest BCUT2D eigenvalue weighted by Gasteiger charge is 2.14. The van der Waals surface area contributed by atoms with Crippen molar-refractivity contribution in [2.75, 3.05) is 105 Å². The van der Waals surface area contributed by atoms with Crippen molar-refractivity contribution in [2.45, 2.75) is 233 Å². The van der Waals surface area contributed by atoms with Crippen molar-refractivity contribution in [1.82, 2.24) is 41.3 Å². The van der Waals surface area contributed by atoms with Crippen LogP contribution in [0.2, 0.25) is 0 Å². The SMILES string of the molecule is CC(=O)NCC(=O)O.CCCCCCCCCCCCCCCCCCN(CCCCCCCCCCCCCCCCCC)C(C)=O.CO.O=CCNC(=O)CN1CCNCCN(CC(=O)NCC(=O)O)CCNCC1. The summed E-state index contributed by atoms with van der Waals surface area (Å²) in [5.74, 6) is -2.62. The number of amides is 4. The number of aliphatic hydroxyl groups excluding tert-OH is 1. The molecule has 1 heterocycles.